The molecule has 1 aromatic rings. The Balaban J connectivity index is 2.47. The first-order valence-corrected chi connectivity index (χ1v) is 6.62. The van der Waals surface area contributed by atoms with Gasteiger partial charge in [0.1, 0.15) is 12.4 Å². The fourth-order valence-corrected chi connectivity index (χ4v) is 1.69. The van der Waals surface area contributed by atoms with Crippen LogP contribution < -0.4 is 4.74 Å². The lowest BCUT2D eigenvalue weighted by molar-refractivity contribution is -0.149. The number of carbonyl (C=O) groups is 1. The van der Waals surface area contributed by atoms with Gasteiger partial charge in [-0.1, -0.05) is 38.0 Å². The summed E-state index contributed by atoms with van der Waals surface area (Å²) >= 11 is 0. The second-order valence-electron chi connectivity index (χ2n) is 4.22. The third-order valence-electron chi connectivity index (χ3n) is 2.72. The van der Waals surface area contributed by atoms with Crippen molar-refractivity contribution >= 4 is 5.97 Å². The van der Waals surface area contributed by atoms with Crippen molar-refractivity contribution in [3.05, 3.63) is 30.3 Å². The molecular weight excluding hydrogens is 228 g/mol. The molecule has 0 N–H and O–H groups in total. The molecule has 0 saturated heterocycles. The maximum absolute atomic E-state index is 11.8. The molecule has 1 rings (SSSR count). The molecular formula is C15H22O3. The average Bonchev–Trinajstić information content (AvgIpc) is 2.40. The van der Waals surface area contributed by atoms with Gasteiger partial charge in [-0.3, -0.25) is 4.79 Å². The SMILES string of the molecule is CCCCC(COc1ccccc1)C(=O)OCC. The van der Waals surface area contributed by atoms with E-state index in [4.69, 9.17) is 9.47 Å². The lowest BCUT2D eigenvalue weighted by Gasteiger charge is -2.16. The van der Waals surface area contributed by atoms with Crippen LogP contribution in [-0.2, 0) is 9.53 Å². The summed E-state index contributed by atoms with van der Waals surface area (Å²) in [7, 11) is 0. The van der Waals surface area contributed by atoms with Gasteiger partial charge in [-0.25, -0.2) is 0 Å². The zero-order valence-corrected chi connectivity index (χ0v) is 11.2. The van der Waals surface area contributed by atoms with Crippen LogP contribution in [0.2, 0.25) is 0 Å². The van der Waals surface area contributed by atoms with Crippen molar-refractivity contribution in [2.75, 3.05) is 13.2 Å². The van der Waals surface area contributed by atoms with Crippen LogP contribution in [0.5, 0.6) is 5.75 Å². The van der Waals surface area contributed by atoms with Gasteiger partial charge in [0, 0.05) is 0 Å². The maximum Gasteiger partial charge on any atom is 0.312 e. The first kappa shape index (κ1) is 14.6. The number of ether oxygens (including phenoxy) is 2. The molecule has 1 aromatic carbocycles. The molecule has 0 aliphatic rings. The largest absolute Gasteiger partial charge is 0.493 e. The lowest BCUT2D eigenvalue weighted by Crippen LogP contribution is -2.24. The van der Waals surface area contributed by atoms with E-state index in [0.717, 1.165) is 25.0 Å². The monoisotopic (exact) mass is 250 g/mol. The Morgan fingerprint density at radius 1 is 1.22 bits per heavy atom. The van der Waals surface area contributed by atoms with Crippen LogP contribution >= 0.6 is 0 Å². The Kier molecular flexibility index (Phi) is 6.92. The van der Waals surface area contributed by atoms with Crippen molar-refractivity contribution in [3.63, 3.8) is 0 Å². The third-order valence-corrected chi connectivity index (χ3v) is 2.72. The summed E-state index contributed by atoms with van der Waals surface area (Å²) < 4.78 is 10.7. The fraction of sp³-hybridized carbons (Fsp3) is 0.533. The summed E-state index contributed by atoms with van der Waals surface area (Å²) in [5, 5.41) is 0. The smallest absolute Gasteiger partial charge is 0.312 e. The second-order valence-corrected chi connectivity index (χ2v) is 4.22. The van der Waals surface area contributed by atoms with Crippen LogP contribution in [0.15, 0.2) is 30.3 Å². The fourth-order valence-electron chi connectivity index (χ4n) is 1.69. The van der Waals surface area contributed by atoms with Gasteiger partial charge in [-0.05, 0) is 25.5 Å². The molecule has 0 spiro atoms. The number of para-hydroxylation sites is 1. The number of carbonyl (C=O) groups excluding carboxylic acids is 1. The quantitative estimate of drug-likeness (QED) is 0.663. The normalized spacial score (nSPS) is 11.9. The molecule has 0 saturated carbocycles. The van der Waals surface area contributed by atoms with Crippen molar-refractivity contribution < 1.29 is 14.3 Å². The zero-order valence-electron chi connectivity index (χ0n) is 11.2. The van der Waals surface area contributed by atoms with Crippen molar-refractivity contribution in [1.29, 1.82) is 0 Å². The Labute approximate surface area is 109 Å². The van der Waals surface area contributed by atoms with Crippen molar-refractivity contribution in [2.45, 2.75) is 33.1 Å². The molecule has 0 fully saturated rings. The van der Waals surface area contributed by atoms with Crippen LogP contribution in [-0.4, -0.2) is 19.2 Å². The van der Waals surface area contributed by atoms with E-state index in [2.05, 4.69) is 6.92 Å². The number of benzene rings is 1. The minimum atomic E-state index is -0.162. The highest BCUT2D eigenvalue weighted by Gasteiger charge is 2.19. The Hall–Kier alpha value is -1.51. The van der Waals surface area contributed by atoms with E-state index in [1.807, 2.05) is 37.3 Å². The summed E-state index contributed by atoms with van der Waals surface area (Å²) in [6.45, 7) is 4.75. The van der Waals surface area contributed by atoms with Crippen LogP contribution in [0.1, 0.15) is 33.1 Å². The predicted octanol–water partition coefficient (Wildman–Crippen LogP) is 3.43. The highest BCUT2D eigenvalue weighted by atomic mass is 16.5. The van der Waals surface area contributed by atoms with E-state index in [0.29, 0.717) is 13.2 Å². The first-order chi connectivity index (χ1) is 8.77. The molecule has 0 aromatic heterocycles. The lowest BCUT2D eigenvalue weighted by atomic mass is 10.0. The van der Waals surface area contributed by atoms with Crippen LogP contribution in [0, 0.1) is 5.92 Å². The number of unbranched alkanes of at least 4 members (excludes halogenated alkanes) is 1. The summed E-state index contributed by atoms with van der Waals surface area (Å²) in [4.78, 5) is 11.8. The first-order valence-electron chi connectivity index (χ1n) is 6.62. The van der Waals surface area contributed by atoms with Crippen molar-refractivity contribution in [3.8, 4) is 5.75 Å². The van der Waals surface area contributed by atoms with Gasteiger partial charge in [0.2, 0.25) is 0 Å². The van der Waals surface area contributed by atoms with Gasteiger partial charge in [0.05, 0.1) is 12.5 Å². The molecule has 18 heavy (non-hydrogen) atoms. The molecule has 0 radical (unpaired) electrons. The summed E-state index contributed by atoms with van der Waals surface area (Å²) in [6, 6.07) is 9.55. The van der Waals surface area contributed by atoms with Crippen molar-refractivity contribution in [2.24, 2.45) is 5.92 Å². The van der Waals surface area contributed by atoms with Crippen LogP contribution in [0.4, 0.5) is 0 Å². The Bertz CT molecular complexity index is 335. The van der Waals surface area contributed by atoms with Crippen LogP contribution in [0.3, 0.4) is 0 Å². The molecule has 1 atom stereocenters. The highest BCUT2D eigenvalue weighted by molar-refractivity contribution is 5.72. The second kappa shape index (κ2) is 8.56. The van der Waals surface area contributed by atoms with Gasteiger partial charge >= 0.3 is 5.97 Å². The van der Waals surface area contributed by atoms with E-state index >= 15 is 0 Å². The molecule has 100 valence electrons. The molecule has 0 heterocycles. The summed E-state index contributed by atoms with van der Waals surface area (Å²) in [6.07, 6.45) is 2.91. The molecule has 0 aliphatic heterocycles. The number of rotatable bonds is 8. The predicted molar refractivity (Wildman–Crippen MR) is 71.6 cm³/mol. The third kappa shape index (κ3) is 5.21. The standard InChI is InChI=1S/C15H22O3/c1-3-5-9-13(15(16)17-4-2)12-18-14-10-7-6-8-11-14/h6-8,10-11,13H,3-5,9,12H2,1-2H3. The molecule has 0 bridgehead atoms. The van der Waals surface area contributed by atoms with Gasteiger partial charge < -0.3 is 9.47 Å². The van der Waals surface area contributed by atoms with Gasteiger partial charge in [-0.2, -0.15) is 0 Å². The molecule has 0 aliphatic carbocycles. The highest BCUT2D eigenvalue weighted by Crippen LogP contribution is 2.15. The van der Waals surface area contributed by atoms with Crippen LogP contribution in [0.25, 0.3) is 0 Å². The number of hydrogen-bond donors (Lipinski definition) is 0. The average molecular weight is 250 g/mol. The topological polar surface area (TPSA) is 35.5 Å². The van der Waals surface area contributed by atoms with E-state index in [9.17, 15) is 4.79 Å². The number of esters is 1. The molecule has 3 nitrogen and oxygen atoms in total. The molecule has 0 amide bonds. The summed E-state index contributed by atoms with van der Waals surface area (Å²) in [5.74, 6) is 0.482. The summed E-state index contributed by atoms with van der Waals surface area (Å²) in [5.41, 5.74) is 0. The van der Waals surface area contributed by atoms with E-state index in [-0.39, 0.29) is 11.9 Å². The maximum atomic E-state index is 11.8. The minimum Gasteiger partial charge on any atom is -0.493 e. The molecule has 1 unspecified atom stereocenters. The Morgan fingerprint density at radius 2 is 1.94 bits per heavy atom. The van der Waals surface area contributed by atoms with E-state index in [1.165, 1.54) is 0 Å². The minimum absolute atomic E-state index is 0.151. The van der Waals surface area contributed by atoms with E-state index in [1.54, 1.807) is 0 Å². The Morgan fingerprint density at radius 3 is 2.56 bits per heavy atom. The molecule has 3 heteroatoms. The number of hydrogen-bond acceptors (Lipinski definition) is 3. The van der Waals surface area contributed by atoms with Crippen molar-refractivity contribution in [1.82, 2.24) is 0 Å². The van der Waals surface area contributed by atoms with E-state index < -0.39 is 0 Å². The van der Waals surface area contributed by atoms with Gasteiger partial charge in [-0.15, -0.1) is 0 Å². The zero-order chi connectivity index (χ0) is 13.2. The van der Waals surface area contributed by atoms with Gasteiger partial charge in [0.15, 0.2) is 0 Å². The van der Waals surface area contributed by atoms with Gasteiger partial charge in [0.25, 0.3) is 0 Å².